The van der Waals surface area contributed by atoms with Gasteiger partial charge in [-0.15, -0.1) is 0 Å². The molecule has 0 aromatic heterocycles. The molecule has 0 radical (unpaired) electrons. The van der Waals surface area contributed by atoms with Crippen molar-refractivity contribution in [2.45, 2.75) is 65.1 Å². The SMILES string of the molecule is C=CC(C)(C)Oc1c(OC)cc2c(c1OC(C)(C)C=C)OC(C)(C)OC2. The minimum atomic E-state index is -0.775. The second-order valence-corrected chi connectivity index (χ2v) is 7.84. The van der Waals surface area contributed by atoms with Crippen LogP contribution in [0.15, 0.2) is 31.4 Å². The van der Waals surface area contributed by atoms with Gasteiger partial charge in [-0.05, 0) is 45.9 Å². The Hall–Kier alpha value is -2.14. The zero-order valence-electron chi connectivity index (χ0n) is 16.9. The third-order valence-electron chi connectivity index (χ3n) is 4.09. The molecule has 1 heterocycles. The van der Waals surface area contributed by atoms with Crippen LogP contribution in [0.4, 0.5) is 0 Å². The van der Waals surface area contributed by atoms with E-state index in [4.69, 9.17) is 23.7 Å². The summed E-state index contributed by atoms with van der Waals surface area (Å²) in [5.74, 6) is 1.29. The van der Waals surface area contributed by atoms with E-state index in [0.29, 0.717) is 29.6 Å². The summed E-state index contributed by atoms with van der Waals surface area (Å²) in [5, 5.41) is 0. The second kappa shape index (κ2) is 6.88. The number of hydrogen-bond donors (Lipinski definition) is 0. The van der Waals surface area contributed by atoms with Crippen molar-refractivity contribution in [3.05, 3.63) is 36.9 Å². The van der Waals surface area contributed by atoms with Gasteiger partial charge in [0, 0.05) is 19.4 Å². The van der Waals surface area contributed by atoms with Gasteiger partial charge in [-0.1, -0.05) is 13.2 Å². The van der Waals surface area contributed by atoms with Crippen LogP contribution >= 0.6 is 0 Å². The van der Waals surface area contributed by atoms with Gasteiger partial charge in [-0.25, -0.2) is 0 Å². The summed E-state index contributed by atoms with van der Waals surface area (Å²) in [6, 6.07) is 1.85. The minimum Gasteiger partial charge on any atom is -0.493 e. The third kappa shape index (κ3) is 4.33. The lowest BCUT2D eigenvalue weighted by atomic mass is 10.1. The van der Waals surface area contributed by atoms with Crippen molar-refractivity contribution in [2.24, 2.45) is 0 Å². The van der Waals surface area contributed by atoms with Gasteiger partial charge in [0.1, 0.15) is 11.2 Å². The first-order chi connectivity index (χ1) is 11.9. The highest BCUT2D eigenvalue weighted by atomic mass is 16.7. The van der Waals surface area contributed by atoms with Crippen molar-refractivity contribution in [1.82, 2.24) is 0 Å². The van der Waals surface area contributed by atoms with Crippen molar-refractivity contribution >= 4 is 0 Å². The lowest BCUT2D eigenvalue weighted by molar-refractivity contribution is -0.181. The number of rotatable bonds is 7. The Balaban J connectivity index is 2.70. The Labute approximate surface area is 156 Å². The summed E-state index contributed by atoms with van der Waals surface area (Å²) in [6.45, 7) is 19.4. The molecule has 5 nitrogen and oxygen atoms in total. The lowest BCUT2D eigenvalue weighted by Crippen LogP contribution is -2.36. The van der Waals surface area contributed by atoms with Crippen LogP contribution in [0.2, 0.25) is 0 Å². The van der Waals surface area contributed by atoms with E-state index in [1.54, 1.807) is 19.3 Å². The van der Waals surface area contributed by atoms with Crippen molar-refractivity contribution in [3.8, 4) is 23.0 Å². The predicted molar refractivity (Wildman–Crippen MR) is 102 cm³/mol. The Bertz CT molecular complexity index is 701. The predicted octanol–water partition coefficient (Wildman–Crippen LogP) is 5.03. The molecule has 1 aliphatic rings. The smallest absolute Gasteiger partial charge is 0.209 e. The normalized spacial score (nSPS) is 16.1. The zero-order chi connectivity index (χ0) is 19.8. The van der Waals surface area contributed by atoms with Gasteiger partial charge in [0.2, 0.25) is 17.3 Å². The average molecular weight is 362 g/mol. The van der Waals surface area contributed by atoms with E-state index < -0.39 is 17.0 Å². The summed E-state index contributed by atoms with van der Waals surface area (Å²) in [5.41, 5.74) is -0.430. The van der Waals surface area contributed by atoms with E-state index in [1.807, 2.05) is 47.6 Å². The van der Waals surface area contributed by atoms with Gasteiger partial charge in [0.25, 0.3) is 0 Å². The van der Waals surface area contributed by atoms with Crippen molar-refractivity contribution < 1.29 is 23.7 Å². The monoisotopic (exact) mass is 362 g/mol. The molecule has 0 bridgehead atoms. The van der Waals surface area contributed by atoms with Gasteiger partial charge in [-0.3, -0.25) is 0 Å². The Morgan fingerprint density at radius 2 is 1.58 bits per heavy atom. The van der Waals surface area contributed by atoms with Gasteiger partial charge in [-0.2, -0.15) is 0 Å². The first kappa shape index (κ1) is 20.2. The highest BCUT2D eigenvalue weighted by molar-refractivity contribution is 5.64. The van der Waals surface area contributed by atoms with E-state index in [9.17, 15) is 0 Å². The number of methoxy groups -OCH3 is 1. The maximum Gasteiger partial charge on any atom is 0.209 e. The molecule has 0 N–H and O–H groups in total. The molecule has 1 aliphatic heterocycles. The van der Waals surface area contributed by atoms with Gasteiger partial charge < -0.3 is 23.7 Å². The molecule has 0 saturated carbocycles. The van der Waals surface area contributed by atoms with E-state index in [1.165, 1.54) is 0 Å². The Morgan fingerprint density at radius 1 is 1.04 bits per heavy atom. The van der Waals surface area contributed by atoms with Crippen LogP contribution in [0.3, 0.4) is 0 Å². The van der Waals surface area contributed by atoms with Gasteiger partial charge in [0.05, 0.1) is 13.7 Å². The zero-order valence-corrected chi connectivity index (χ0v) is 16.9. The first-order valence-electron chi connectivity index (χ1n) is 8.65. The average Bonchev–Trinajstić information content (AvgIpc) is 2.56. The molecule has 0 unspecified atom stereocenters. The van der Waals surface area contributed by atoms with Crippen molar-refractivity contribution in [2.75, 3.05) is 7.11 Å². The molecule has 0 spiro atoms. The summed E-state index contributed by atoms with van der Waals surface area (Å²) in [7, 11) is 1.59. The van der Waals surface area contributed by atoms with Crippen molar-refractivity contribution in [1.29, 1.82) is 0 Å². The van der Waals surface area contributed by atoms with Crippen molar-refractivity contribution in [3.63, 3.8) is 0 Å². The maximum atomic E-state index is 6.27. The quantitative estimate of drug-likeness (QED) is 0.637. The Morgan fingerprint density at radius 3 is 2.08 bits per heavy atom. The number of benzene rings is 1. The minimum absolute atomic E-state index is 0.384. The van der Waals surface area contributed by atoms with Gasteiger partial charge in [0.15, 0.2) is 11.5 Å². The molecule has 5 heteroatoms. The standard InChI is InChI=1S/C21H30O5/c1-10-19(3,4)24-17-15(22-9)12-14-13-23-21(7,8)26-16(14)18(17)25-20(5,6)11-2/h10-12H,1-2,13H2,3-9H3. The fourth-order valence-corrected chi connectivity index (χ4v) is 2.35. The van der Waals surface area contributed by atoms with E-state index >= 15 is 0 Å². The van der Waals surface area contributed by atoms with Crippen LogP contribution in [0.1, 0.15) is 47.1 Å². The van der Waals surface area contributed by atoms with E-state index in [2.05, 4.69) is 13.2 Å². The van der Waals surface area contributed by atoms with Crippen LogP contribution in [-0.2, 0) is 11.3 Å². The summed E-state index contributed by atoms with van der Waals surface area (Å²) in [4.78, 5) is 0. The highest BCUT2D eigenvalue weighted by Crippen LogP contribution is 2.52. The molecular weight excluding hydrogens is 332 g/mol. The van der Waals surface area contributed by atoms with Crippen LogP contribution in [0, 0.1) is 0 Å². The first-order valence-corrected chi connectivity index (χ1v) is 8.65. The Kier molecular flexibility index (Phi) is 5.34. The number of hydrogen-bond acceptors (Lipinski definition) is 5. The number of fused-ring (bicyclic) bond motifs is 1. The lowest BCUT2D eigenvalue weighted by Gasteiger charge is -2.36. The molecule has 0 atom stereocenters. The fourth-order valence-electron chi connectivity index (χ4n) is 2.35. The summed E-state index contributed by atoms with van der Waals surface area (Å²) < 4.78 is 29.9. The third-order valence-corrected chi connectivity index (χ3v) is 4.09. The second-order valence-electron chi connectivity index (χ2n) is 7.84. The van der Waals surface area contributed by atoms with E-state index in [0.717, 1.165) is 5.56 Å². The summed E-state index contributed by atoms with van der Waals surface area (Å²) in [6.07, 6.45) is 3.45. The summed E-state index contributed by atoms with van der Waals surface area (Å²) >= 11 is 0. The largest absolute Gasteiger partial charge is 0.493 e. The topological polar surface area (TPSA) is 46.2 Å². The molecule has 0 amide bonds. The molecule has 1 aromatic rings. The molecule has 26 heavy (non-hydrogen) atoms. The van der Waals surface area contributed by atoms with E-state index in [-0.39, 0.29) is 0 Å². The molecule has 0 fully saturated rings. The molecule has 144 valence electrons. The fraction of sp³-hybridized carbons (Fsp3) is 0.524. The molecular formula is C21H30O5. The molecule has 1 aromatic carbocycles. The van der Waals surface area contributed by atoms with Crippen LogP contribution in [0.25, 0.3) is 0 Å². The maximum absolute atomic E-state index is 6.27. The van der Waals surface area contributed by atoms with Crippen LogP contribution in [-0.4, -0.2) is 24.1 Å². The molecule has 0 aliphatic carbocycles. The van der Waals surface area contributed by atoms with Crippen LogP contribution in [0.5, 0.6) is 23.0 Å². The molecule has 0 saturated heterocycles. The highest BCUT2D eigenvalue weighted by Gasteiger charge is 2.36. The molecule has 2 rings (SSSR count). The van der Waals surface area contributed by atoms with Gasteiger partial charge >= 0.3 is 0 Å². The van der Waals surface area contributed by atoms with Crippen LogP contribution < -0.4 is 18.9 Å². The number of ether oxygens (including phenoxy) is 5.